The van der Waals surface area contributed by atoms with Gasteiger partial charge >= 0.3 is 11.5 Å². The van der Waals surface area contributed by atoms with E-state index in [9.17, 15) is 18.0 Å². The SMILES string of the molecule is C=C=CC(/C=C/c1ccccc1)(SC(F)(F)F)C(=O)OC. The molecule has 0 fully saturated rings. The molecule has 0 saturated heterocycles. The summed E-state index contributed by atoms with van der Waals surface area (Å²) in [4.78, 5) is 11.8. The molecule has 1 aromatic carbocycles. The van der Waals surface area contributed by atoms with Gasteiger partial charge in [-0.25, -0.2) is 4.79 Å². The molecule has 0 saturated carbocycles. The zero-order valence-corrected chi connectivity index (χ0v) is 12.0. The third-order valence-electron chi connectivity index (χ3n) is 2.43. The third kappa shape index (κ3) is 5.17. The van der Waals surface area contributed by atoms with Crippen molar-refractivity contribution in [3.63, 3.8) is 0 Å². The summed E-state index contributed by atoms with van der Waals surface area (Å²) in [5.41, 5.74) is -1.73. The van der Waals surface area contributed by atoms with Crippen molar-refractivity contribution in [2.45, 2.75) is 10.3 Å². The highest BCUT2D eigenvalue weighted by atomic mass is 32.2. The topological polar surface area (TPSA) is 26.3 Å². The number of hydrogen-bond acceptors (Lipinski definition) is 3. The summed E-state index contributed by atoms with van der Waals surface area (Å²) < 4.78 is 40.7. The molecule has 21 heavy (non-hydrogen) atoms. The van der Waals surface area contributed by atoms with E-state index in [0.29, 0.717) is 5.56 Å². The van der Waals surface area contributed by atoms with E-state index in [4.69, 9.17) is 0 Å². The van der Waals surface area contributed by atoms with E-state index in [1.807, 2.05) is 0 Å². The minimum absolute atomic E-state index is 0.494. The Balaban J connectivity index is 3.25. The average molecular weight is 314 g/mol. The van der Waals surface area contributed by atoms with Gasteiger partial charge in [0.25, 0.3) is 0 Å². The molecular formula is C15H13F3O2S. The van der Waals surface area contributed by atoms with Gasteiger partial charge in [0.1, 0.15) is 0 Å². The van der Waals surface area contributed by atoms with Gasteiger partial charge in [-0.1, -0.05) is 49.1 Å². The predicted octanol–water partition coefficient (Wildman–Crippen LogP) is 4.21. The van der Waals surface area contributed by atoms with Gasteiger partial charge in [0.15, 0.2) is 4.75 Å². The summed E-state index contributed by atoms with van der Waals surface area (Å²) in [7, 11) is 1.03. The monoisotopic (exact) mass is 314 g/mol. The van der Waals surface area contributed by atoms with Crippen LogP contribution in [0.25, 0.3) is 6.08 Å². The Hall–Kier alpha value is -1.91. The minimum atomic E-state index is -4.62. The summed E-state index contributed by atoms with van der Waals surface area (Å²) >= 11 is -0.494. The second-order valence-corrected chi connectivity index (χ2v) is 5.27. The quantitative estimate of drug-likeness (QED) is 0.602. The molecule has 0 aliphatic rings. The normalized spacial score (nSPS) is 14.3. The van der Waals surface area contributed by atoms with E-state index >= 15 is 0 Å². The van der Waals surface area contributed by atoms with E-state index in [1.165, 1.54) is 6.08 Å². The van der Waals surface area contributed by atoms with Crippen molar-refractivity contribution in [1.82, 2.24) is 0 Å². The standard InChI is InChI=1S/C15H13F3O2S/c1-3-10-14(13(19)20-2,21-15(16,17)18)11-9-12-7-5-4-6-8-12/h4-11H,1H2,2H3/b11-9+. The number of carbonyl (C=O) groups is 1. The molecule has 0 aliphatic heterocycles. The van der Waals surface area contributed by atoms with Gasteiger partial charge in [-0.15, -0.1) is 5.73 Å². The Morgan fingerprint density at radius 3 is 2.43 bits per heavy atom. The maximum atomic E-state index is 12.7. The summed E-state index contributed by atoms with van der Waals surface area (Å²) in [6.07, 6.45) is 3.49. The van der Waals surface area contributed by atoms with Gasteiger partial charge in [0, 0.05) is 0 Å². The first-order valence-electron chi connectivity index (χ1n) is 5.79. The van der Waals surface area contributed by atoms with Crippen molar-refractivity contribution >= 4 is 23.8 Å². The van der Waals surface area contributed by atoms with Crippen LogP contribution in [0.5, 0.6) is 0 Å². The molecule has 0 radical (unpaired) electrons. The van der Waals surface area contributed by atoms with Crippen LogP contribution in [0.3, 0.4) is 0 Å². The van der Waals surface area contributed by atoms with Crippen LogP contribution in [0.4, 0.5) is 13.2 Å². The minimum Gasteiger partial charge on any atom is -0.467 e. The van der Waals surface area contributed by atoms with Crippen molar-refractivity contribution in [2.75, 3.05) is 7.11 Å². The van der Waals surface area contributed by atoms with Crippen molar-refractivity contribution in [3.05, 3.63) is 60.4 Å². The van der Waals surface area contributed by atoms with Crippen LogP contribution in [0, 0.1) is 0 Å². The third-order valence-corrected chi connectivity index (χ3v) is 3.42. The largest absolute Gasteiger partial charge is 0.467 e. The fourth-order valence-electron chi connectivity index (χ4n) is 1.57. The number of thioether (sulfide) groups is 1. The molecule has 0 bridgehead atoms. The molecule has 6 heteroatoms. The maximum absolute atomic E-state index is 12.7. The fourth-order valence-corrected chi connectivity index (χ4v) is 2.40. The molecule has 1 aromatic rings. The van der Waals surface area contributed by atoms with Gasteiger partial charge in [-0.3, -0.25) is 0 Å². The average Bonchev–Trinajstić information content (AvgIpc) is 2.43. The van der Waals surface area contributed by atoms with E-state index in [-0.39, 0.29) is 0 Å². The number of carbonyl (C=O) groups excluding carboxylic acids is 1. The molecule has 0 heterocycles. The number of ether oxygens (including phenoxy) is 1. The summed E-state index contributed by atoms with van der Waals surface area (Å²) in [6, 6.07) is 8.65. The molecule has 0 spiro atoms. The smallest absolute Gasteiger partial charge is 0.443 e. The van der Waals surface area contributed by atoms with Gasteiger partial charge in [0.2, 0.25) is 0 Å². The van der Waals surface area contributed by atoms with Crippen molar-refractivity contribution in [3.8, 4) is 0 Å². The number of methoxy groups -OCH3 is 1. The van der Waals surface area contributed by atoms with Crippen molar-refractivity contribution in [2.24, 2.45) is 0 Å². The molecule has 0 aromatic heterocycles. The van der Waals surface area contributed by atoms with Gasteiger partial charge in [0.05, 0.1) is 7.11 Å². The zero-order chi connectivity index (χ0) is 15.9. The molecule has 112 valence electrons. The van der Waals surface area contributed by atoms with Crippen LogP contribution < -0.4 is 0 Å². The van der Waals surface area contributed by atoms with Gasteiger partial charge in [-0.2, -0.15) is 13.2 Å². The van der Waals surface area contributed by atoms with E-state index < -0.39 is 28.0 Å². The highest BCUT2D eigenvalue weighted by Gasteiger charge is 2.46. The van der Waals surface area contributed by atoms with Crippen LogP contribution in [-0.2, 0) is 9.53 Å². The number of rotatable bonds is 5. The first kappa shape index (κ1) is 17.1. The lowest BCUT2D eigenvalue weighted by atomic mass is 10.1. The molecule has 2 nitrogen and oxygen atoms in total. The van der Waals surface area contributed by atoms with Crippen molar-refractivity contribution < 1.29 is 22.7 Å². The molecule has 0 amide bonds. The summed E-state index contributed by atoms with van der Waals surface area (Å²) in [5, 5.41) is 0. The van der Waals surface area contributed by atoms with E-state index in [2.05, 4.69) is 17.0 Å². The number of hydrogen-bond donors (Lipinski definition) is 0. The zero-order valence-electron chi connectivity index (χ0n) is 11.2. The van der Waals surface area contributed by atoms with Crippen LogP contribution >= 0.6 is 11.8 Å². The maximum Gasteiger partial charge on any atom is 0.443 e. The Bertz CT molecular complexity index is 560. The molecule has 1 atom stereocenters. The first-order valence-corrected chi connectivity index (χ1v) is 6.61. The van der Waals surface area contributed by atoms with Crippen LogP contribution in [-0.4, -0.2) is 23.3 Å². The highest BCUT2D eigenvalue weighted by Crippen LogP contribution is 2.43. The fraction of sp³-hybridized carbons (Fsp3) is 0.200. The summed E-state index contributed by atoms with van der Waals surface area (Å²) in [5.74, 6) is -1.05. The van der Waals surface area contributed by atoms with Crippen molar-refractivity contribution in [1.29, 1.82) is 0 Å². The van der Waals surface area contributed by atoms with Gasteiger partial charge in [-0.05, 0) is 23.4 Å². The van der Waals surface area contributed by atoms with Crippen LogP contribution in [0.2, 0.25) is 0 Å². The second kappa shape index (κ2) is 7.20. The lowest BCUT2D eigenvalue weighted by Gasteiger charge is -2.23. The molecule has 1 unspecified atom stereocenters. The number of halogens is 3. The molecule has 0 N–H and O–H groups in total. The van der Waals surface area contributed by atoms with Crippen LogP contribution in [0.15, 0.2) is 54.8 Å². The Kier molecular flexibility index (Phi) is 5.88. The number of benzene rings is 1. The molecule has 1 rings (SSSR count). The Morgan fingerprint density at radius 2 is 1.95 bits per heavy atom. The molecular weight excluding hydrogens is 301 g/mol. The highest BCUT2D eigenvalue weighted by molar-refractivity contribution is 8.02. The Labute approximate surface area is 125 Å². The Morgan fingerprint density at radius 1 is 1.33 bits per heavy atom. The predicted molar refractivity (Wildman–Crippen MR) is 77.6 cm³/mol. The number of esters is 1. The number of alkyl halides is 3. The molecule has 0 aliphatic carbocycles. The van der Waals surface area contributed by atoms with Crippen LogP contribution in [0.1, 0.15) is 5.56 Å². The van der Waals surface area contributed by atoms with E-state index in [1.54, 1.807) is 30.3 Å². The lowest BCUT2D eigenvalue weighted by Crippen LogP contribution is -2.35. The lowest BCUT2D eigenvalue weighted by molar-refractivity contribution is -0.141. The summed E-state index contributed by atoms with van der Waals surface area (Å²) in [6.45, 7) is 3.24. The van der Waals surface area contributed by atoms with E-state index in [0.717, 1.165) is 19.3 Å². The first-order chi connectivity index (χ1) is 9.83. The second-order valence-electron chi connectivity index (χ2n) is 3.92. The van der Waals surface area contributed by atoms with Gasteiger partial charge < -0.3 is 4.74 Å².